The van der Waals surface area contributed by atoms with Crippen molar-refractivity contribution in [2.45, 2.75) is 13.0 Å². The molecule has 0 aliphatic heterocycles. The van der Waals surface area contributed by atoms with Gasteiger partial charge in [-0.15, -0.1) is 0 Å². The highest BCUT2D eigenvalue weighted by Crippen LogP contribution is 2.17. The van der Waals surface area contributed by atoms with Crippen molar-refractivity contribution in [1.29, 1.82) is 0 Å². The van der Waals surface area contributed by atoms with Crippen molar-refractivity contribution >= 4 is 23.3 Å². The molecule has 0 saturated carbocycles. The molecule has 1 atom stereocenters. The standard InChI is InChI=1S/C19H22N2O4/c1-13(18(22)20-15-8-10-17(24-4)11-9-15)25-19(23)14-6-5-7-16(12-14)21(2)3/h5-13H,1-4H3,(H,20,22). The number of hydrogen-bond donors (Lipinski definition) is 1. The van der Waals surface area contributed by atoms with Crippen LogP contribution in [0.15, 0.2) is 48.5 Å². The van der Waals surface area contributed by atoms with Crippen LogP contribution in [0, 0.1) is 0 Å². The van der Waals surface area contributed by atoms with E-state index < -0.39 is 18.0 Å². The second-order valence-electron chi connectivity index (χ2n) is 5.71. The Balaban J connectivity index is 1.97. The second-order valence-corrected chi connectivity index (χ2v) is 5.71. The maximum Gasteiger partial charge on any atom is 0.338 e. The molecular weight excluding hydrogens is 320 g/mol. The Labute approximate surface area is 147 Å². The van der Waals surface area contributed by atoms with E-state index in [1.807, 2.05) is 25.1 Å². The van der Waals surface area contributed by atoms with Gasteiger partial charge in [0.1, 0.15) is 5.75 Å². The van der Waals surface area contributed by atoms with E-state index in [1.165, 1.54) is 6.92 Å². The van der Waals surface area contributed by atoms with Crippen LogP contribution >= 0.6 is 0 Å². The predicted molar refractivity (Wildman–Crippen MR) is 97.3 cm³/mol. The van der Waals surface area contributed by atoms with Gasteiger partial charge < -0.3 is 19.7 Å². The minimum atomic E-state index is -0.919. The molecule has 1 amide bonds. The van der Waals surface area contributed by atoms with Crippen LogP contribution in [0.3, 0.4) is 0 Å². The molecule has 25 heavy (non-hydrogen) atoms. The second kappa shape index (κ2) is 8.19. The third kappa shape index (κ3) is 4.97. The molecule has 6 heteroatoms. The molecule has 0 saturated heterocycles. The summed E-state index contributed by atoms with van der Waals surface area (Å²) in [5.74, 6) is -0.249. The van der Waals surface area contributed by atoms with Crippen LogP contribution in [0.1, 0.15) is 17.3 Å². The van der Waals surface area contributed by atoms with Gasteiger partial charge in [-0.3, -0.25) is 4.79 Å². The highest BCUT2D eigenvalue weighted by atomic mass is 16.5. The lowest BCUT2D eigenvalue weighted by atomic mass is 10.2. The number of benzene rings is 2. The summed E-state index contributed by atoms with van der Waals surface area (Å²) in [6, 6.07) is 13.9. The lowest BCUT2D eigenvalue weighted by molar-refractivity contribution is -0.123. The summed E-state index contributed by atoms with van der Waals surface area (Å²) in [6.45, 7) is 1.53. The summed E-state index contributed by atoms with van der Waals surface area (Å²) in [6.07, 6.45) is -0.919. The van der Waals surface area contributed by atoms with Crippen molar-refractivity contribution in [2.75, 3.05) is 31.4 Å². The van der Waals surface area contributed by atoms with E-state index in [9.17, 15) is 9.59 Å². The molecule has 2 rings (SSSR count). The number of amides is 1. The number of hydrogen-bond acceptors (Lipinski definition) is 5. The monoisotopic (exact) mass is 342 g/mol. The zero-order valence-electron chi connectivity index (χ0n) is 14.8. The number of rotatable bonds is 6. The third-order valence-electron chi connectivity index (χ3n) is 3.61. The molecule has 1 unspecified atom stereocenters. The van der Waals surface area contributed by atoms with Gasteiger partial charge in [0.15, 0.2) is 6.10 Å². The van der Waals surface area contributed by atoms with Gasteiger partial charge in [-0.05, 0) is 49.4 Å². The van der Waals surface area contributed by atoms with Crippen molar-refractivity contribution < 1.29 is 19.1 Å². The summed E-state index contributed by atoms with van der Waals surface area (Å²) < 4.78 is 10.3. The number of ether oxygens (including phenoxy) is 2. The van der Waals surface area contributed by atoms with Crippen LogP contribution in [0.2, 0.25) is 0 Å². The first kappa shape index (κ1) is 18.3. The molecule has 0 spiro atoms. The molecule has 0 radical (unpaired) electrons. The van der Waals surface area contributed by atoms with Crippen molar-refractivity contribution in [1.82, 2.24) is 0 Å². The zero-order chi connectivity index (χ0) is 18.4. The van der Waals surface area contributed by atoms with E-state index in [-0.39, 0.29) is 0 Å². The van der Waals surface area contributed by atoms with Gasteiger partial charge in [0.25, 0.3) is 5.91 Å². The largest absolute Gasteiger partial charge is 0.497 e. The fraction of sp³-hybridized carbons (Fsp3) is 0.263. The molecule has 0 bridgehead atoms. The number of methoxy groups -OCH3 is 1. The average molecular weight is 342 g/mol. The van der Waals surface area contributed by atoms with Gasteiger partial charge in [0, 0.05) is 25.5 Å². The van der Waals surface area contributed by atoms with Crippen molar-refractivity contribution in [3.63, 3.8) is 0 Å². The van der Waals surface area contributed by atoms with Crippen molar-refractivity contribution in [3.8, 4) is 5.75 Å². The summed E-state index contributed by atoms with van der Waals surface area (Å²) >= 11 is 0. The summed E-state index contributed by atoms with van der Waals surface area (Å²) in [7, 11) is 5.34. The predicted octanol–water partition coefficient (Wildman–Crippen LogP) is 2.95. The van der Waals surface area contributed by atoms with Crippen LogP contribution in [0.25, 0.3) is 0 Å². The number of carbonyl (C=O) groups excluding carboxylic acids is 2. The summed E-state index contributed by atoms with van der Waals surface area (Å²) in [4.78, 5) is 26.3. The summed E-state index contributed by atoms with van der Waals surface area (Å²) in [5.41, 5.74) is 1.88. The molecule has 2 aromatic carbocycles. The highest BCUT2D eigenvalue weighted by Gasteiger charge is 2.19. The maximum atomic E-state index is 12.2. The molecule has 1 N–H and O–H groups in total. The molecule has 6 nitrogen and oxygen atoms in total. The molecule has 0 aliphatic carbocycles. The molecular formula is C19H22N2O4. The Kier molecular flexibility index (Phi) is 6.00. The highest BCUT2D eigenvalue weighted by molar-refractivity contribution is 5.97. The van der Waals surface area contributed by atoms with Crippen LogP contribution in [0.5, 0.6) is 5.75 Å². The first-order valence-electron chi connectivity index (χ1n) is 7.84. The van der Waals surface area contributed by atoms with Crippen LogP contribution < -0.4 is 15.0 Å². The minimum Gasteiger partial charge on any atom is -0.497 e. The van der Waals surface area contributed by atoms with E-state index in [0.29, 0.717) is 17.0 Å². The number of nitrogens with one attached hydrogen (secondary N) is 1. The minimum absolute atomic E-state index is 0.398. The Morgan fingerprint density at radius 3 is 2.36 bits per heavy atom. The van der Waals surface area contributed by atoms with Crippen LogP contribution in [-0.2, 0) is 9.53 Å². The smallest absolute Gasteiger partial charge is 0.338 e. The van der Waals surface area contributed by atoms with Gasteiger partial charge in [-0.25, -0.2) is 4.79 Å². The zero-order valence-corrected chi connectivity index (χ0v) is 14.8. The molecule has 0 aromatic heterocycles. The van der Waals surface area contributed by atoms with Crippen LogP contribution in [0.4, 0.5) is 11.4 Å². The third-order valence-corrected chi connectivity index (χ3v) is 3.61. The van der Waals surface area contributed by atoms with Gasteiger partial charge in [-0.2, -0.15) is 0 Å². The number of carbonyl (C=O) groups is 2. The van der Waals surface area contributed by atoms with Crippen molar-refractivity contribution in [3.05, 3.63) is 54.1 Å². The van der Waals surface area contributed by atoms with E-state index >= 15 is 0 Å². The molecule has 0 heterocycles. The van der Waals surface area contributed by atoms with E-state index in [0.717, 1.165) is 5.69 Å². The first-order valence-corrected chi connectivity index (χ1v) is 7.84. The van der Waals surface area contributed by atoms with Gasteiger partial charge >= 0.3 is 5.97 Å². The Morgan fingerprint density at radius 2 is 1.76 bits per heavy atom. The molecule has 2 aromatic rings. The topological polar surface area (TPSA) is 67.9 Å². The SMILES string of the molecule is COc1ccc(NC(=O)C(C)OC(=O)c2cccc(N(C)C)c2)cc1. The molecule has 0 aliphatic rings. The molecule has 132 valence electrons. The normalized spacial score (nSPS) is 11.4. The Bertz CT molecular complexity index is 741. The molecule has 0 fully saturated rings. The fourth-order valence-corrected chi connectivity index (χ4v) is 2.11. The first-order chi connectivity index (χ1) is 11.9. The average Bonchev–Trinajstić information content (AvgIpc) is 2.62. The van der Waals surface area contributed by atoms with E-state index in [1.54, 1.807) is 49.6 Å². The van der Waals surface area contributed by atoms with Gasteiger partial charge in [0.2, 0.25) is 0 Å². The number of esters is 1. The number of nitrogens with zero attached hydrogens (tertiary/aromatic N) is 1. The lowest BCUT2D eigenvalue weighted by Gasteiger charge is -2.16. The van der Waals surface area contributed by atoms with Crippen LogP contribution in [-0.4, -0.2) is 39.2 Å². The van der Waals surface area contributed by atoms with Gasteiger partial charge in [0.05, 0.1) is 12.7 Å². The fourth-order valence-electron chi connectivity index (χ4n) is 2.11. The quantitative estimate of drug-likeness (QED) is 0.818. The lowest BCUT2D eigenvalue weighted by Crippen LogP contribution is -2.30. The maximum absolute atomic E-state index is 12.2. The van der Waals surface area contributed by atoms with Crippen molar-refractivity contribution in [2.24, 2.45) is 0 Å². The number of anilines is 2. The Morgan fingerprint density at radius 1 is 1.08 bits per heavy atom. The summed E-state index contributed by atoms with van der Waals surface area (Å²) in [5, 5.41) is 2.70. The van der Waals surface area contributed by atoms with E-state index in [4.69, 9.17) is 9.47 Å². The van der Waals surface area contributed by atoms with E-state index in [2.05, 4.69) is 5.32 Å². The van der Waals surface area contributed by atoms with Gasteiger partial charge in [-0.1, -0.05) is 6.07 Å². The Hall–Kier alpha value is -3.02.